The highest BCUT2D eigenvalue weighted by Gasteiger charge is 2.46. The molecule has 3 rings (SSSR count). The maximum absolute atomic E-state index is 13.1. The van der Waals surface area contributed by atoms with Gasteiger partial charge in [-0.25, -0.2) is 0 Å². The van der Waals surface area contributed by atoms with E-state index in [1.807, 2.05) is 0 Å². The molecule has 3 fully saturated rings. The summed E-state index contributed by atoms with van der Waals surface area (Å²) in [7, 11) is 0. The van der Waals surface area contributed by atoms with Crippen molar-refractivity contribution in [3.05, 3.63) is 0 Å². The average molecular weight is 264 g/mol. The number of rotatable bonds is 2. The van der Waals surface area contributed by atoms with Gasteiger partial charge in [0.05, 0.1) is 5.41 Å². The summed E-state index contributed by atoms with van der Waals surface area (Å²) in [5, 5.41) is 3.41. The Labute approximate surface area is 117 Å². The molecule has 2 aliphatic heterocycles. The van der Waals surface area contributed by atoms with E-state index in [-0.39, 0.29) is 5.41 Å². The highest BCUT2D eigenvalue weighted by Crippen LogP contribution is 2.39. The Hall–Kier alpha value is -0.570. The minimum absolute atomic E-state index is 0.0840. The van der Waals surface area contributed by atoms with Gasteiger partial charge in [0.25, 0.3) is 0 Å². The van der Waals surface area contributed by atoms with Crippen molar-refractivity contribution in [3.63, 3.8) is 0 Å². The Morgan fingerprint density at radius 1 is 1.26 bits per heavy atom. The molecule has 1 aliphatic carbocycles. The number of piperidine rings is 1. The lowest BCUT2D eigenvalue weighted by molar-refractivity contribution is -0.148. The van der Waals surface area contributed by atoms with E-state index in [1.54, 1.807) is 0 Å². The molecule has 0 aromatic rings. The van der Waals surface area contributed by atoms with Gasteiger partial charge in [0.15, 0.2) is 0 Å². The normalized spacial score (nSPS) is 39.1. The standard InChI is InChI=1S/C16H28N2O/c1-2-16(9-10-17-12-16)15(19)18-11-5-7-13-6-3-4-8-14(13)18/h13-14,17H,2-12H2,1H3/t13-,14-,16?/m1/s1. The lowest BCUT2D eigenvalue weighted by atomic mass is 9.75. The molecule has 108 valence electrons. The molecule has 3 nitrogen and oxygen atoms in total. The van der Waals surface area contributed by atoms with Crippen molar-refractivity contribution in [1.29, 1.82) is 0 Å². The number of likely N-dealkylation sites (tertiary alicyclic amines) is 1. The van der Waals surface area contributed by atoms with E-state index in [1.165, 1.54) is 38.5 Å². The zero-order valence-electron chi connectivity index (χ0n) is 12.3. The van der Waals surface area contributed by atoms with Crippen LogP contribution in [0.15, 0.2) is 0 Å². The van der Waals surface area contributed by atoms with Crippen LogP contribution < -0.4 is 5.32 Å². The Morgan fingerprint density at radius 3 is 2.79 bits per heavy atom. The largest absolute Gasteiger partial charge is 0.339 e. The molecule has 0 spiro atoms. The molecule has 0 aromatic heterocycles. The van der Waals surface area contributed by atoms with Crippen LogP contribution in [0.25, 0.3) is 0 Å². The van der Waals surface area contributed by atoms with Crippen LogP contribution in [-0.2, 0) is 4.79 Å². The van der Waals surface area contributed by atoms with Gasteiger partial charge >= 0.3 is 0 Å². The molecule has 0 bridgehead atoms. The zero-order chi connectivity index (χ0) is 13.3. The molecule has 3 aliphatic rings. The molecule has 1 unspecified atom stereocenters. The van der Waals surface area contributed by atoms with E-state index < -0.39 is 0 Å². The van der Waals surface area contributed by atoms with Crippen molar-refractivity contribution in [3.8, 4) is 0 Å². The monoisotopic (exact) mass is 264 g/mol. The molecule has 3 atom stereocenters. The summed E-state index contributed by atoms with van der Waals surface area (Å²) in [6.07, 6.45) is 9.91. The highest BCUT2D eigenvalue weighted by molar-refractivity contribution is 5.83. The smallest absolute Gasteiger partial charge is 0.230 e. The van der Waals surface area contributed by atoms with Gasteiger partial charge in [0, 0.05) is 19.1 Å². The summed E-state index contributed by atoms with van der Waals surface area (Å²) in [4.78, 5) is 15.4. The first-order chi connectivity index (χ1) is 9.27. The van der Waals surface area contributed by atoms with Crippen LogP contribution in [0.5, 0.6) is 0 Å². The van der Waals surface area contributed by atoms with Crippen molar-refractivity contribution < 1.29 is 4.79 Å². The van der Waals surface area contributed by atoms with Gasteiger partial charge in [-0.15, -0.1) is 0 Å². The van der Waals surface area contributed by atoms with E-state index in [9.17, 15) is 4.79 Å². The number of carbonyl (C=O) groups is 1. The maximum Gasteiger partial charge on any atom is 0.230 e. The Bertz CT molecular complexity index is 334. The molecule has 1 saturated carbocycles. The molecule has 0 radical (unpaired) electrons. The first-order valence-electron chi connectivity index (χ1n) is 8.29. The number of hydrogen-bond acceptors (Lipinski definition) is 2. The number of amides is 1. The number of nitrogens with zero attached hydrogens (tertiary/aromatic N) is 1. The van der Waals surface area contributed by atoms with Crippen molar-refractivity contribution in [2.75, 3.05) is 19.6 Å². The first-order valence-corrected chi connectivity index (χ1v) is 8.29. The lowest BCUT2D eigenvalue weighted by Gasteiger charge is -2.47. The van der Waals surface area contributed by atoms with Crippen LogP contribution in [0.4, 0.5) is 0 Å². The molecule has 3 heteroatoms. The summed E-state index contributed by atoms with van der Waals surface area (Å²) in [6.45, 7) is 5.12. The van der Waals surface area contributed by atoms with E-state index in [2.05, 4.69) is 17.1 Å². The first kappa shape index (κ1) is 13.4. The molecule has 2 heterocycles. The molecule has 1 amide bonds. The Kier molecular flexibility index (Phi) is 3.84. The predicted molar refractivity (Wildman–Crippen MR) is 76.9 cm³/mol. The highest BCUT2D eigenvalue weighted by atomic mass is 16.2. The number of fused-ring (bicyclic) bond motifs is 1. The topological polar surface area (TPSA) is 32.3 Å². The summed E-state index contributed by atoms with van der Waals surface area (Å²) in [6, 6.07) is 0.569. The van der Waals surface area contributed by atoms with Crippen LogP contribution in [-0.4, -0.2) is 36.5 Å². The summed E-state index contributed by atoms with van der Waals surface area (Å²) in [5.41, 5.74) is -0.0840. The predicted octanol–water partition coefficient (Wildman–Crippen LogP) is 2.56. The van der Waals surface area contributed by atoms with Crippen molar-refractivity contribution in [2.45, 2.75) is 64.3 Å². The SMILES string of the molecule is CCC1(C(=O)N2CCC[C@H]3CCCC[C@H]32)CCNC1. The van der Waals surface area contributed by atoms with Gasteiger partial charge in [-0.1, -0.05) is 19.8 Å². The van der Waals surface area contributed by atoms with E-state index in [0.717, 1.165) is 38.4 Å². The van der Waals surface area contributed by atoms with Gasteiger partial charge < -0.3 is 10.2 Å². The van der Waals surface area contributed by atoms with Crippen LogP contribution in [0.1, 0.15) is 58.3 Å². The molecule has 0 aromatic carbocycles. The van der Waals surface area contributed by atoms with Crippen LogP contribution in [0.3, 0.4) is 0 Å². The Balaban J connectivity index is 1.77. The van der Waals surface area contributed by atoms with Gasteiger partial charge in [-0.2, -0.15) is 0 Å². The minimum atomic E-state index is -0.0840. The van der Waals surface area contributed by atoms with Crippen molar-refractivity contribution >= 4 is 5.91 Å². The van der Waals surface area contributed by atoms with E-state index >= 15 is 0 Å². The molecule has 2 saturated heterocycles. The third kappa shape index (κ3) is 2.31. The summed E-state index contributed by atoms with van der Waals surface area (Å²) in [5.74, 6) is 1.27. The molecular formula is C16H28N2O. The zero-order valence-corrected chi connectivity index (χ0v) is 12.3. The summed E-state index contributed by atoms with van der Waals surface area (Å²) < 4.78 is 0. The van der Waals surface area contributed by atoms with Gasteiger partial charge in [0.1, 0.15) is 0 Å². The fourth-order valence-corrected chi connectivity index (χ4v) is 4.56. The fourth-order valence-electron chi connectivity index (χ4n) is 4.56. The minimum Gasteiger partial charge on any atom is -0.339 e. The van der Waals surface area contributed by atoms with Crippen LogP contribution >= 0.6 is 0 Å². The van der Waals surface area contributed by atoms with Gasteiger partial charge in [-0.3, -0.25) is 4.79 Å². The Morgan fingerprint density at radius 2 is 2.05 bits per heavy atom. The van der Waals surface area contributed by atoms with E-state index in [0.29, 0.717) is 11.9 Å². The average Bonchev–Trinajstić information content (AvgIpc) is 2.96. The number of hydrogen-bond donors (Lipinski definition) is 1. The van der Waals surface area contributed by atoms with E-state index in [4.69, 9.17) is 0 Å². The van der Waals surface area contributed by atoms with Gasteiger partial charge in [0.2, 0.25) is 5.91 Å². The molecular weight excluding hydrogens is 236 g/mol. The van der Waals surface area contributed by atoms with Crippen molar-refractivity contribution in [2.24, 2.45) is 11.3 Å². The molecule has 1 N–H and O–H groups in total. The maximum atomic E-state index is 13.1. The van der Waals surface area contributed by atoms with Crippen LogP contribution in [0.2, 0.25) is 0 Å². The second-order valence-electron chi connectivity index (χ2n) is 6.81. The second-order valence-corrected chi connectivity index (χ2v) is 6.81. The second kappa shape index (κ2) is 5.43. The lowest BCUT2D eigenvalue weighted by Crippen LogP contribution is -2.55. The fraction of sp³-hybridized carbons (Fsp3) is 0.938. The quantitative estimate of drug-likeness (QED) is 0.831. The van der Waals surface area contributed by atoms with Gasteiger partial charge in [-0.05, 0) is 51.0 Å². The third-order valence-electron chi connectivity index (χ3n) is 5.88. The number of nitrogens with one attached hydrogen (secondary N) is 1. The third-order valence-corrected chi connectivity index (χ3v) is 5.88. The number of carbonyl (C=O) groups excluding carboxylic acids is 1. The summed E-state index contributed by atoms with van der Waals surface area (Å²) >= 11 is 0. The molecule has 19 heavy (non-hydrogen) atoms. The van der Waals surface area contributed by atoms with Crippen molar-refractivity contribution in [1.82, 2.24) is 10.2 Å². The van der Waals surface area contributed by atoms with Crippen LogP contribution in [0, 0.1) is 11.3 Å².